The number of anilines is 1. The van der Waals surface area contributed by atoms with E-state index in [1.54, 1.807) is 0 Å². The summed E-state index contributed by atoms with van der Waals surface area (Å²) in [5, 5.41) is 0. The standard InChI is InChI=1S/C13H10N3/c1-2-6-10(7-3-1)13-14-11-8-4-5-9-12(11)15-16-13/h1-9,15H. The fourth-order valence-corrected chi connectivity index (χ4v) is 1.63. The average Bonchev–Trinajstić information content (AvgIpc) is 2.39. The van der Waals surface area contributed by atoms with Crippen LogP contribution in [0.4, 0.5) is 11.4 Å². The van der Waals surface area contributed by atoms with Crippen LogP contribution in [0.2, 0.25) is 0 Å². The lowest BCUT2D eigenvalue weighted by Crippen LogP contribution is -2.25. The SMILES string of the molecule is c1ccc(C2=Nc3ccccc3N[N]2)cc1. The Kier molecular flexibility index (Phi) is 2.07. The van der Waals surface area contributed by atoms with Crippen LogP contribution in [-0.2, 0) is 0 Å². The molecule has 1 aliphatic heterocycles. The van der Waals surface area contributed by atoms with Crippen LogP contribution in [0.15, 0.2) is 59.6 Å². The summed E-state index contributed by atoms with van der Waals surface area (Å²) in [6, 6.07) is 17.8. The lowest BCUT2D eigenvalue weighted by atomic mass is 10.2. The van der Waals surface area contributed by atoms with E-state index in [-0.39, 0.29) is 0 Å². The molecule has 2 aromatic rings. The van der Waals surface area contributed by atoms with E-state index in [1.165, 1.54) is 0 Å². The van der Waals surface area contributed by atoms with Crippen molar-refractivity contribution in [1.82, 2.24) is 5.43 Å². The molecule has 0 unspecified atom stereocenters. The molecular weight excluding hydrogens is 198 g/mol. The molecule has 1 N–H and O–H groups in total. The molecule has 1 aliphatic rings. The number of aliphatic imine (C=N–C) groups is 1. The number of benzene rings is 2. The maximum atomic E-state index is 4.50. The van der Waals surface area contributed by atoms with Gasteiger partial charge >= 0.3 is 0 Å². The molecule has 1 radical (unpaired) electrons. The zero-order chi connectivity index (χ0) is 10.8. The van der Waals surface area contributed by atoms with Crippen LogP contribution in [-0.4, -0.2) is 5.84 Å². The fourth-order valence-electron chi connectivity index (χ4n) is 1.63. The van der Waals surface area contributed by atoms with Gasteiger partial charge in [-0.15, -0.1) is 0 Å². The fraction of sp³-hybridized carbons (Fsp3) is 0. The second-order valence-electron chi connectivity index (χ2n) is 3.54. The number of rotatable bonds is 1. The molecule has 16 heavy (non-hydrogen) atoms. The first-order chi connectivity index (χ1) is 7.93. The van der Waals surface area contributed by atoms with Crippen LogP contribution in [0.25, 0.3) is 0 Å². The van der Waals surface area contributed by atoms with Gasteiger partial charge in [0.2, 0.25) is 0 Å². The van der Waals surface area contributed by atoms with Crippen molar-refractivity contribution in [2.24, 2.45) is 4.99 Å². The van der Waals surface area contributed by atoms with Gasteiger partial charge in [0.1, 0.15) is 0 Å². The number of hydrogen-bond donors (Lipinski definition) is 1. The Morgan fingerprint density at radius 3 is 2.44 bits per heavy atom. The second kappa shape index (κ2) is 3.70. The minimum Gasteiger partial charge on any atom is -0.274 e. The minimum atomic E-state index is 0.722. The molecule has 1 heterocycles. The maximum absolute atomic E-state index is 4.50. The number of nitrogens with zero attached hydrogens (tertiary/aromatic N) is 2. The highest BCUT2D eigenvalue weighted by atomic mass is 15.4. The van der Waals surface area contributed by atoms with E-state index in [0.29, 0.717) is 0 Å². The molecule has 0 saturated heterocycles. The maximum Gasteiger partial charge on any atom is 0.179 e. The van der Waals surface area contributed by atoms with Crippen LogP contribution in [0.3, 0.4) is 0 Å². The molecule has 0 bridgehead atoms. The largest absolute Gasteiger partial charge is 0.274 e. The summed E-state index contributed by atoms with van der Waals surface area (Å²) < 4.78 is 0. The Bertz CT molecular complexity index is 532. The van der Waals surface area contributed by atoms with Crippen LogP contribution in [0, 0.1) is 0 Å². The van der Waals surface area contributed by atoms with Gasteiger partial charge in [-0.2, -0.15) is 5.43 Å². The third-order valence-corrected chi connectivity index (χ3v) is 2.44. The summed E-state index contributed by atoms with van der Waals surface area (Å²) in [4.78, 5) is 4.50. The van der Waals surface area contributed by atoms with E-state index < -0.39 is 0 Å². The van der Waals surface area contributed by atoms with Gasteiger partial charge in [0.25, 0.3) is 0 Å². The lowest BCUT2D eigenvalue weighted by molar-refractivity contribution is 1.07. The Morgan fingerprint density at radius 1 is 0.812 bits per heavy atom. The first-order valence-corrected chi connectivity index (χ1v) is 5.13. The van der Waals surface area contributed by atoms with Gasteiger partial charge in [0.05, 0.1) is 11.4 Å². The molecular formula is C13H10N3. The molecule has 3 heteroatoms. The molecule has 0 fully saturated rings. The summed E-state index contributed by atoms with van der Waals surface area (Å²) in [7, 11) is 0. The average molecular weight is 208 g/mol. The summed E-state index contributed by atoms with van der Waals surface area (Å²) in [6.07, 6.45) is 0. The molecule has 0 atom stereocenters. The van der Waals surface area contributed by atoms with Crippen LogP contribution in [0.1, 0.15) is 5.56 Å². The monoisotopic (exact) mass is 208 g/mol. The van der Waals surface area contributed by atoms with Crippen molar-refractivity contribution < 1.29 is 0 Å². The van der Waals surface area contributed by atoms with E-state index in [4.69, 9.17) is 0 Å². The van der Waals surface area contributed by atoms with Crippen molar-refractivity contribution in [3.63, 3.8) is 0 Å². The van der Waals surface area contributed by atoms with Gasteiger partial charge in [-0.25, -0.2) is 4.99 Å². The Balaban J connectivity index is 2.04. The van der Waals surface area contributed by atoms with Crippen molar-refractivity contribution in [3.8, 4) is 0 Å². The second-order valence-corrected chi connectivity index (χ2v) is 3.54. The Labute approximate surface area is 93.8 Å². The van der Waals surface area contributed by atoms with E-state index in [2.05, 4.69) is 15.8 Å². The third kappa shape index (κ3) is 1.52. The summed E-state index contributed by atoms with van der Waals surface area (Å²) in [5.74, 6) is 0.722. The summed E-state index contributed by atoms with van der Waals surface area (Å²) in [6.45, 7) is 0. The highest BCUT2D eigenvalue weighted by Gasteiger charge is 2.12. The minimum absolute atomic E-state index is 0.722. The number of nitrogens with one attached hydrogen (secondary N) is 1. The van der Waals surface area contributed by atoms with Gasteiger partial charge in [-0.1, -0.05) is 42.5 Å². The topological polar surface area (TPSA) is 38.5 Å². The third-order valence-electron chi connectivity index (χ3n) is 2.44. The molecule has 0 spiro atoms. The van der Waals surface area contributed by atoms with Crippen LogP contribution >= 0.6 is 0 Å². The van der Waals surface area contributed by atoms with E-state index in [9.17, 15) is 0 Å². The first-order valence-electron chi connectivity index (χ1n) is 5.13. The molecule has 0 aliphatic carbocycles. The van der Waals surface area contributed by atoms with Gasteiger partial charge in [-0.05, 0) is 12.1 Å². The summed E-state index contributed by atoms with van der Waals surface area (Å²) in [5.41, 5.74) is 10.1. The predicted molar refractivity (Wildman–Crippen MR) is 64.8 cm³/mol. The Morgan fingerprint density at radius 2 is 1.56 bits per heavy atom. The normalized spacial score (nSPS) is 13.1. The highest BCUT2D eigenvalue weighted by Crippen LogP contribution is 2.27. The van der Waals surface area contributed by atoms with Crippen LogP contribution < -0.4 is 10.9 Å². The molecule has 0 aromatic heterocycles. The summed E-state index contributed by atoms with van der Waals surface area (Å²) >= 11 is 0. The molecule has 77 valence electrons. The van der Waals surface area contributed by atoms with Gasteiger partial charge in [0.15, 0.2) is 5.84 Å². The molecule has 3 rings (SSSR count). The van der Waals surface area contributed by atoms with Gasteiger partial charge in [0, 0.05) is 5.56 Å². The lowest BCUT2D eigenvalue weighted by Gasteiger charge is -2.16. The quantitative estimate of drug-likeness (QED) is 0.768. The number of amidine groups is 1. The Hall–Kier alpha value is -2.29. The van der Waals surface area contributed by atoms with Gasteiger partial charge in [-0.3, -0.25) is 5.43 Å². The number of para-hydroxylation sites is 2. The van der Waals surface area contributed by atoms with Gasteiger partial charge < -0.3 is 0 Å². The smallest absolute Gasteiger partial charge is 0.179 e. The van der Waals surface area contributed by atoms with E-state index >= 15 is 0 Å². The van der Waals surface area contributed by atoms with Crippen molar-refractivity contribution in [3.05, 3.63) is 60.2 Å². The number of fused-ring (bicyclic) bond motifs is 1. The van der Waals surface area contributed by atoms with Crippen molar-refractivity contribution in [1.29, 1.82) is 0 Å². The van der Waals surface area contributed by atoms with Crippen molar-refractivity contribution >= 4 is 17.2 Å². The molecule has 2 aromatic carbocycles. The molecule has 3 nitrogen and oxygen atoms in total. The zero-order valence-corrected chi connectivity index (χ0v) is 8.59. The molecule has 0 amide bonds. The molecule has 0 saturated carbocycles. The predicted octanol–water partition coefficient (Wildman–Crippen LogP) is 2.71. The first kappa shape index (κ1) is 8.97. The number of hydrogen-bond acceptors (Lipinski definition) is 2. The highest BCUT2D eigenvalue weighted by molar-refractivity contribution is 6.03. The zero-order valence-electron chi connectivity index (χ0n) is 8.59. The van der Waals surface area contributed by atoms with Crippen molar-refractivity contribution in [2.75, 3.05) is 5.43 Å². The van der Waals surface area contributed by atoms with Crippen LogP contribution in [0.5, 0.6) is 0 Å². The van der Waals surface area contributed by atoms with E-state index in [0.717, 1.165) is 22.8 Å². The van der Waals surface area contributed by atoms with Crippen molar-refractivity contribution in [2.45, 2.75) is 0 Å². The van der Waals surface area contributed by atoms with E-state index in [1.807, 2.05) is 54.6 Å².